The maximum atomic E-state index is 9.91. The minimum Gasteiger partial charge on any atom is -0.388 e. The predicted molar refractivity (Wildman–Crippen MR) is 99.7 cm³/mol. The minimum atomic E-state index is -1.02. The number of ether oxygens (including phenoxy) is 2. The number of rotatable bonds is 16. The van der Waals surface area contributed by atoms with Gasteiger partial charge in [0.05, 0.1) is 13.2 Å². The van der Waals surface area contributed by atoms with Crippen LogP contribution in [0.1, 0.15) is 84.0 Å². The summed E-state index contributed by atoms with van der Waals surface area (Å²) in [5, 5.41) is 28.9. The minimum absolute atomic E-state index is 0.0711. The molecule has 1 aliphatic rings. The lowest BCUT2D eigenvalue weighted by Crippen LogP contribution is -2.40. The van der Waals surface area contributed by atoms with Gasteiger partial charge in [0.25, 0.3) is 0 Å². The number of hydrogen-bond acceptors (Lipinski definition) is 5. The molecule has 0 aromatic rings. The van der Waals surface area contributed by atoms with Crippen LogP contribution in [0.25, 0.3) is 0 Å². The molecular formula is C20H40O5. The number of hydrogen-bond donors (Lipinski definition) is 3. The average Bonchev–Trinajstić information content (AvgIpc) is 2.94. The first-order valence-electron chi connectivity index (χ1n) is 10.4. The van der Waals surface area contributed by atoms with E-state index in [1.807, 2.05) is 0 Å². The first kappa shape index (κ1) is 22.8. The fourth-order valence-electron chi connectivity index (χ4n) is 3.31. The van der Waals surface area contributed by atoms with Crippen LogP contribution in [0.3, 0.4) is 0 Å². The van der Waals surface area contributed by atoms with Crippen molar-refractivity contribution in [2.75, 3.05) is 19.8 Å². The fraction of sp³-hybridized carbons (Fsp3) is 1.00. The Balaban J connectivity index is 1.80. The van der Waals surface area contributed by atoms with Gasteiger partial charge in [-0.05, 0) is 6.42 Å². The maximum Gasteiger partial charge on any atom is 0.114 e. The third kappa shape index (κ3) is 10.5. The first-order chi connectivity index (χ1) is 12.2. The van der Waals surface area contributed by atoms with E-state index in [-0.39, 0.29) is 13.2 Å². The molecule has 150 valence electrons. The van der Waals surface area contributed by atoms with E-state index in [1.165, 1.54) is 64.2 Å². The summed E-state index contributed by atoms with van der Waals surface area (Å²) >= 11 is 0. The second kappa shape index (κ2) is 14.9. The van der Waals surface area contributed by atoms with Crippen LogP contribution in [0.5, 0.6) is 0 Å². The molecule has 0 amide bonds. The third-order valence-corrected chi connectivity index (χ3v) is 5.00. The molecule has 1 heterocycles. The molecule has 1 saturated heterocycles. The fourth-order valence-corrected chi connectivity index (χ4v) is 3.31. The Morgan fingerprint density at radius 2 is 1.40 bits per heavy atom. The highest BCUT2D eigenvalue weighted by atomic mass is 16.5. The van der Waals surface area contributed by atoms with Crippen molar-refractivity contribution in [2.45, 2.75) is 108 Å². The zero-order chi connectivity index (χ0) is 18.3. The molecule has 25 heavy (non-hydrogen) atoms. The summed E-state index contributed by atoms with van der Waals surface area (Å²) < 4.78 is 10.6. The van der Waals surface area contributed by atoms with E-state index in [9.17, 15) is 15.3 Å². The van der Waals surface area contributed by atoms with E-state index < -0.39 is 24.4 Å². The molecule has 0 aliphatic carbocycles. The van der Waals surface area contributed by atoms with Crippen molar-refractivity contribution in [3.05, 3.63) is 0 Å². The zero-order valence-corrected chi connectivity index (χ0v) is 16.1. The van der Waals surface area contributed by atoms with Gasteiger partial charge >= 0.3 is 0 Å². The van der Waals surface area contributed by atoms with Crippen molar-refractivity contribution in [3.63, 3.8) is 0 Å². The van der Waals surface area contributed by atoms with Crippen molar-refractivity contribution < 1.29 is 24.8 Å². The van der Waals surface area contributed by atoms with Crippen LogP contribution in [0, 0.1) is 0 Å². The molecule has 1 rings (SSSR count). The molecule has 3 N–H and O–H groups in total. The number of unbranched alkanes of at least 4 members (excludes halogenated alkanes) is 11. The van der Waals surface area contributed by atoms with E-state index in [0.717, 1.165) is 12.8 Å². The van der Waals surface area contributed by atoms with Gasteiger partial charge in [0.1, 0.15) is 24.4 Å². The second-order valence-electron chi connectivity index (χ2n) is 7.39. The molecule has 0 radical (unpaired) electrons. The molecule has 1 fully saturated rings. The lowest BCUT2D eigenvalue weighted by molar-refractivity contribution is -0.0813. The van der Waals surface area contributed by atoms with Crippen molar-refractivity contribution in [2.24, 2.45) is 0 Å². The van der Waals surface area contributed by atoms with Crippen LogP contribution >= 0.6 is 0 Å². The van der Waals surface area contributed by atoms with Gasteiger partial charge in [-0.15, -0.1) is 0 Å². The summed E-state index contributed by atoms with van der Waals surface area (Å²) in [4.78, 5) is 0. The Hall–Kier alpha value is -0.200. The molecule has 1 aliphatic heterocycles. The molecule has 0 bridgehead atoms. The van der Waals surface area contributed by atoms with Crippen LogP contribution in [-0.4, -0.2) is 59.6 Å². The molecule has 0 aromatic carbocycles. The highest BCUT2D eigenvalue weighted by Crippen LogP contribution is 2.18. The summed E-state index contributed by atoms with van der Waals surface area (Å²) in [6, 6.07) is 0. The Morgan fingerprint density at radius 1 is 0.880 bits per heavy atom. The third-order valence-electron chi connectivity index (χ3n) is 5.00. The lowest BCUT2D eigenvalue weighted by atomic mass is 10.1. The summed E-state index contributed by atoms with van der Waals surface area (Å²) in [5.41, 5.74) is 0. The summed E-state index contributed by atoms with van der Waals surface area (Å²) in [6.45, 7) is 3.10. The molecule has 4 atom stereocenters. The summed E-state index contributed by atoms with van der Waals surface area (Å²) in [5.74, 6) is 0. The quantitative estimate of drug-likeness (QED) is 0.368. The SMILES string of the molecule is CCCCCCCCCCCCCCOC[C@H](O)[C@H]1OC[C@@H](O)[C@H]1O. The topological polar surface area (TPSA) is 79.2 Å². The highest BCUT2D eigenvalue weighted by molar-refractivity contribution is 4.87. The van der Waals surface area contributed by atoms with Crippen molar-refractivity contribution in [3.8, 4) is 0 Å². The van der Waals surface area contributed by atoms with E-state index in [1.54, 1.807) is 0 Å². The maximum absolute atomic E-state index is 9.91. The second-order valence-corrected chi connectivity index (χ2v) is 7.39. The molecule has 0 unspecified atom stereocenters. The largest absolute Gasteiger partial charge is 0.388 e. The smallest absolute Gasteiger partial charge is 0.114 e. The molecule has 0 saturated carbocycles. The van der Waals surface area contributed by atoms with Gasteiger partial charge in [-0.3, -0.25) is 0 Å². The number of aliphatic hydroxyl groups is 3. The van der Waals surface area contributed by atoms with Crippen molar-refractivity contribution in [1.29, 1.82) is 0 Å². The van der Waals surface area contributed by atoms with E-state index in [2.05, 4.69) is 6.92 Å². The Bertz CT molecular complexity index is 300. The van der Waals surface area contributed by atoms with E-state index >= 15 is 0 Å². The first-order valence-corrected chi connectivity index (χ1v) is 10.4. The average molecular weight is 361 g/mol. The van der Waals surface area contributed by atoms with Crippen LogP contribution < -0.4 is 0 Å². The van der Waals surface area contributed by atoms with Gasteiger partial charge in [-0.1, -0.05) is 77.6 Å². The molecule has 0 aromatic heterocycles. The molecule has 0 spiro atoms. The number of aliphatic hydroxyl groups excluding tert-OH is 3. The predicted octanol–water partition coefficient (Wildman–Crippen LogP) is 3.19. The van der Waals surface area contributed by atoms with E-state index in [0.29, 0.717) is 6.61 Å². The molecular weight excluding hydrogens is 320 g/mol. The molecule has 5 nitrogen and oxygen atoms in total. The Kier molecular flexibility index (Phi) is 13.6. The van der Waals surface area contributed by atoms with Crippen LogP contribution in [0.15, 0.2) is 0 Å². The Morgan fingerprint density at radius 3 is 1.88 bits per heavy atom. The zero-order valence-electron chi connectivity index (χ0n) is 16.1. The Labute approximate surface area is 153 Å². The van der Waals surface area contributed by atoms with Gasteiger partial charge in [0, 0.05) is 6.61 Å². The van der Waals surface area contributed by atoms with Gasteiger partial charge in [0.2, 0.25) is 0 Å². The monoisotopic (exact) mass is 360 g/mol. The van der Waals surface area contributed by atoms with Crippen molar-refractivity contribution >= 4 is 0 Å². The van der Waals surface area contributed by atoms with Crippen molar-refractivity contribution in [1.82, 2.24) is 0 Å². The van der Waals surface area contributed by atoms with Gasteiger partial charge < -0.3 is 24.8 Å². The standard InChI is InChI=1S/C20H40O5/c1-2-3-4-5-6-7-8-9-10-11-12-13-14-24-15-18(22)20-19(23)17(21)16-25-20/h17-23H,2-16H2,1H3/t17-,18+,19-,20-/m1/s1. The van der Waals surface area contributed by atoms with Crippen LogP contribution in [0.4, 0.5) is 0 Å². The summed E-state index contributed by atoms with van der Waals surface area (Å²) in [6.07, 6.45) is 12.2. The lowest BCUT2D eigenvalue weighted by Gasteiger charge is -2.20. The molecule has 5 heteroatoms. The van der Waals surface area contributed by atoms with Crippen LogP contribution in [0.2, 0.25) is 0 Å². The normalized spacial score (nSPS) is 24.7. The summed E-state index contributed by atoms with van der Waals surface area (Å²) in [7, 11) is 0. The van der Waals surface area contributed by atoms with Gasteiger partial charge in [0.15, 0.2) is 0 Å². The highest BCUT2D eigenvalue weighted by Gasteiger charge is 2.39. The van der Waals surface area contributed by atoms with E-state index in [4.69, 9.17) is 9.47 Å². The van der Waals surface area contributed by atoms with Crippen LogP contribution in [-0.2, 0) is 9.47 Å². The van der Waals surface area contributed by atoms with Gasteiger partial charge in [-0.25, -0.2) is 0 Å². The van der Waals surface area contributed by atoms with Gasteiger partial charge in [-0.2, -0.15) is 0 Å².